The molecule has 2 N–H and O–H groups in total. The predicted octanol–water partition coefficient (Wildman–Crippen LogP) is 0.516. The van der Waals surface area contributed by atoms with Crippen LogP contribution in [0.1, 0.15) is 0 Å². The van der Waals surface area contributed by atoms with Crippen LogP contribution in [-0.4, -0.2) is 19.9 Å². The van der Waals surface area contributed by atoms with E-state index in [4.69, 9.17) is 5.73 Å². The van der Waals surface area contributed by atoms with Crippen LogP contribution in [0.4, 0.5) is 5.82 Å². The van der Waals surface area contributed by atoms with Crippen molar-refractivity contribution in [3.63, 3.8) is 0 Å². The molecule has 0 bridgehead atoms. The van der Waals surface area contributed by atoms with Crippen molar-refractivity contribution < 1.29 is 0 Å². The van der Waals surface area contributed by atoms with Crippen LogP contribution in [0.2, 0.25) is 0 Å². The summed E-state index contributed by atoms with van der Waals surface area (Å²) in [5, 5.41) is 0. The molecule has 0 aliphatic heterocycles. The largest absolute Gasteiger partial charge is 0.382 e. The van der Waals surface area contributed by atoms with Gasteiger partial charge in [0.1, 0.15) is 17.2 Å². The molecule has 2 aromatic heterocycles. The molecule has 2 aromatic rings. The number of anilines is 1. The third kappa shape index (κ3) is 1.58. The van der Waals surface area contributed by atoms with Gasteiger partial charge in [0.25, 0.3) is 0 Å². The molecule has 0 aliphatic carbocycles. The Kier molecular flexibility index (Phi) is 1.84. The zero-order valence-corrected chi connectivity index (χ0v) is 6.75. The first-order valence-corrected chi connectivity index (χ1v) is 3.70. The quantitative estimate of drug-likeness (QED) is 0.680. The van der Waals surface area contributed by atoms with E-state index in [2.05, 4.69) is 19.9 Å². The van der Waals surface area contributed by atoms with Gasteiger partial charge in [-0.15, -0.1) is 0 Å². The summed E-state index contributed by atoms with van der Waals surface area (Å²) >= 11 is 0. The van der Waals surface area contributed by atoms with Gasteiger partial charge in [-0.05, 0) is 0 Å². The summed E-state index contributed by atoms with van der Waals surface area (Å²) in [5.74, 6) is 0.378. The van der Waals surface area contributed by atoms with Gasteiger partial charge in [0, 0.05) is 12.4 Å². The maximum absolute atomic E-state index is 5.47. The normalized spacial score (nSPS) is 9.85. The van der Waals surface area contributed by atoms with Crippen LogP contribution in [0.3, 0.4) is 0 Å². The molecule has 0 spiro atoms. The Balaban J connectivity index is 2.48. The lowest BCUT2D eigenvalue weighted by Gasteiger charge is -1.97. The van der Waals surface area contributed by atoms with Crippen LogP contribution in [0.5, 0.6) is 0 Å². The molecule has 0 aliphatic rings. The predicted molar refractivity (Wildman–Crippen MR) is 47.5 cm³/mol. The number of hydrogen-bond acceptors (Lipinski definition) is 5. The molecule has 0 amide bonds. The minimum atomic E-state index is 0.378. The van der Waals surface area contributed by atoms with Crippen molar-refractivity contribution in [3.8, 4) is 11.4 Å². The number of aromatic nitrogens is 4. The van der Waals surface area contributed by atoms with Gasteiger partial charge in [-0.3, -0.25) is 15.0 Å². The summed E-state index contributed by atoms with van der Waals surface area (Å²) in [6.45, 7) is 0. The molecular formula is C8H7N5. The average molecular weight is 173 g/mol. The molecule has 0 unspecified atom stereocenters. The molecule has 2 heterocycles. The number of rotatable bonds is 1. The van der Waals surface area contributed by atoms with Gasteiger partial charge in [0.2, 0.25) is 0 Å². The zero-order valence-electron chi connectivity index (χ0n) is 6.75. The van der Waals surface area contributed by atoms with Gasteiger partial charge in [-0.2, -0.15) is 0 Å². The van der Waals surface area contributed by atoms with E-state index >= 15 is 0 Å². The van der Waals surface area contributed by atoms with Crippen molar-refractivity contribution in [1.82, 2.24) is 19.9 Å². The maximum atomic E-state index is 5.47. The van der Waals surface area contributed by atoms with Crippen molar-refractivity contribution in [1.29, 1.82) is 0 Å². The topological polar surface area (TPSA) is 77.6 Å². The van der Waals surface area contributed by atoms with E-state index < -0.39 is 0 Å². The van der Waals surface area contributed by atoms with Crippen LogP contribution >= 0.6 is 0 Å². The Morgan fingerprint density at radius 1 is 0.923 bits per heavy atom. The number of nitrogens with zero attached hydrogens (tertiary/aromatic N) is 4. The number of hydrogen-bond donors (Lipinski definition) is 1. The minimum Gasteiger partial charge on any atom is -0.382 e. The fourth-order valence-corrected chi connectivity index (χ4v) is 0.936. The Hall–Kier alpha value is -2.04. The number of nitrogens with two attached hydrogens (primary N) is 1. The van der Waals surface area contributed by atoms with Gasteiger partial charge >= 0.3 is 0 Å². The Bertz CT molecular complexity index is 400. The molecule has 64 valence electrons. The van der Waals surface area contributed by atoms with E-state index in [1.54, 1.807) is 24.8 Å². The van der Waals surface area contributed by atoms with Gasteiger partial charge in [-0.25, -0.2) is 4.98 Å². The summed E-state index contributed by atoms with van der Waals surface area (Å²) in [4.78, 5) is 16.0. The summed E-state index contributed by atoms with van der Waals surface area (Å²) in [5.41, 5.74) is 6.78. The first-order chi connectivity index (χ1) is 6.36. The summed E-state index contributed by atoms with van der Waals surface area (Å²) in [6.07, 6.45) is 7.90. The van der Waals surface area contributed by atoms with Gasteiger partial charge in [0.05, 0.1) is 18.6 Å². The first kappa shape index (κ1) is 7.60. The van der Waals surface area contributed by atoms with Crippen molar-refractivity contribution >= 4 is 5.82 Å². The third-order valence-electron chi connectivity index (χ3n) is 1.48. The van der Waals surface area contributed by atoms with Crippen molar-refractivity contribution in [2.24, 2.45) is 0 Å². The lowest BCUT2D eigenvalue weighted by molar-refractivity contribution is 1.15. The Morgan fingerprint density at radius 2 is 1.77 bits per heavy atom. The maximum Gasteiger partial charge on any atom is 0.142 e. The Labute approximate surface area is 74.7 Å². The van der Waals surface area contributed by atoms with Crippen LogP contribution in [0.25, 0.3) is 11.4 Å². The lowest BCUT2D eigenvalue weighted by atomic mass is 10.3. The highest BCUT2D eigenvalue weighted by molar-refractivity contribution is 5.52. The van der Waals surface area contributed by atoms with Gasteiger partial charge in [0.15, 0.2) is 0 Å². The molecular weight excluding hydrogens is 166 g/mol. The van der Waals surface area contributed by atoms with Crippen molar-refractivity contribution in [2.45, 2.75) is 0 Å². The zero-order chi connectivity index (χ0) is 9.10. The first-order valence-electron chi connectivity index (χ1n) is 3.70. The molecule has 13 heavy (non-hydrogen) atoms. The van der Waals surface area contributed by atoms with Crippen LogP contribution < -0.4 is 5.73 Å². The van der Waals surface area contributed by atoms with E-state index in [0.717, 1.165) is 0 Å². The monoisotopic (exact) mass is 173 g/mol. The standard InChI is InChI=1S/C8H7N5/c9-8-5-11-4-7(13-8)6-3-10-1-2-12-6/h1-5H,(H2,9,13). The third-order valence-corrected chi connectivity index (χ3v) is 1.48. The average Bonchev–Trinajstić information content (AvgIpc) is 2.19. The van der Waals surface area contributed by atoms with Gasteiger partial charge < -0.3 is 5.73 Å². The van der Waals surface area contributed by atoms with Crippen molar-refractivity contribution in [3.05, 3.63) is 31.0 Å². The molecule has 0 fully saturated rings. The SMILES string of the molecule is Nc1cncc(-c2cnccn2)n1. The smallest absolute Gasteiger partial charge is 0.142 e. The highest BCUT2D eigenvalue weighted by atomic mass is 14.9. The molecule has 0 saturated carbocycles. The van der Waals surface area contributed by atoms with Crippen LogP contribution in [-0.2, 0) is 0 Å². The Morgan fingerprint density at radius 3 is 2.46 bits per heavy atom. The second kappa shape index (κ2) is 3.14. The summed E-state index contributed by atoms with van der Waals surface area (Å²) in [7, 11) is 0. The van der Waals surface area contributed by atoms with E-state index in [9.17, 15) is 0 Å². The summed E-state index contributed by atoms with van der Waals surface area (Å²) in [6, 6.07) is 0. The summed E-state index contributed by atoms with van der Waals surface area (Å²) < 4.78 is 0. The van der Waals surface area contributed by atoms with E-state index in [-0.39, 0.29) is 0 Å². The number of nitrogen functional groups attached to an aromatic ring is 1. The lowest BCUT2D eigenvalue weighted by Crippen LogP contribution is -1.94. The second-order valence-corrected chi connectivity index (χ2v) is 2.42. The molecule has 5 heteroatoms. The van der Waals surface area contributed by atoms with Crippen molar-refractivity contribution in [2.75, 3.05) is 5.73 Å². The van der Waals surface area contributed by atoms with Crippen LogP contribution in [0.15, 0.2) is 31.0 Å². The highest BCUT2D eigenvalue weighted by Crippen LogP contribution is 2.11. The fourth-order valence-electron chi connectivity index (χ4n) is 0.936. The van der Waals surface area contributed by atoms with Gasteiger partial charge in [-0.1, -0.05) is 0 Å². The minimum absolute atomic E-state index is 0.378. The molecule has 0 radical (unpaired) electrons. The van der Waals surface area contributed by atoms with E-state index in [0.29, 0.717) is 17.2 Å². The molecule has 0 aromatic carbocycles. The molecule has 0 atom stereocenters. The molecule has 0 saturated heterocycles. The molecule has 2 rings (SSSR count). The van der Waals surface area contributed by atoms with E-state index in [1.165, 1.54) is 6.20 Å². The second-order valence-electron chi connectivity index (χ2n) is 2.42. The fraction of sp³-hybridized carbons (Fsp3) is 0. The van der Waals surface area contributed by atoms with Crippen LogP contribution in [0, 0.1) is 0 Å². The highest BCUT2D eigenvalue weighted by Gasteiger charge is 2.00. The molecule has 5 nitrogen and oxygen atoms in total. The van der Waals surface area contributed by atoms with E-state index in [1.807, 2.05) is 0 Å².